The minimum atomic E-state index is 0.121. The fourth-order valence-electron chi connectivity index (χ4n) is 2.37. The molecule has 108 valence electrons. The van der Waals surface area contributed by atoms with Gasteiger partial charge in [0.1, 0.15) is 5.69 Å². The number of ether oxygens (including phenoxy) is 1. The van der Waals surface area contributed by atoms with E-state index in [1.54, 1.807) is 5.51 Å². The van der Waals surface area contributed by atoms with Crippen LogP contribution in [0.25, 0.3) is 11.5 Å². The van der Waals surface area contributed by atoms with E-state index in [9.17, 15) is 0 Å². The maximum Gasteiger partial charge on any atom is 0.234 e. The summed E-state index contributed by atoms with van der Waals surface area (Å²) < 4.78 is 11.0. The molecule has 2 aromatic rings. The number of rotatable bonds is 5. The molecule has 1 saturated heterocycles. The quantitative estimate of drug-likeness (QED) is 0.910. The van der Waals surface area contributed by atoms with E-state index in [1.165, 1.54) is 11.3 Å². The lowest BCUT2D eigenvalue weighted by Crippen LogP contribution is -2.41. The van der Waals surface area contributed by atoms with E-state index in [2.05, 4.69) is 27.4 Å². The normalized spacial score (nSPS) is 23.1. The number of aromatic nitrogens is 3. The second-order valence-electron chi connectivity index (χ2n) is 4.86. The van der Waals surface area contributed by atoms with Crippen LogP contribution in [0.4, 0.5) is 0 Å². The Morgan fingerprint density at radius 3 is 3.25 bits per heavy atom. The Kier molecular flexibility index (Phi) is 4.39. The Bertz CT molecular complexity index is 528. The molecule has 1 N–H and O–H groups in total. The van der Waals surface area contributed by atoms with Gasteiger partial charge in [-0.05, 0) is 19.4 Å². The molecule has 3 rings (SSSR count). The van der Waals surface area contributed by atoms with E-state index in [-0.39, 0.29) is 5.92 Å². The lowest BCUT2D eigenvalue weighted by molar-refractivity contribution is 0.0498. The average Bonchev–Trinajstić information content (AvgIpc) is 3.15. The standard InChI is InChI=1S/C13H18N4O2S/c1-2-4-14-10-3-5-18-6-9(10)13-16-12(17-19-13)11-7-20-8-15-11/h7-10,14H,2-6H2,1H3. The molecule has 0 amide bonds. The predicted molar refractivity (Wildman–Crippen MR) is 75.7 cm³/mol. The minimum absolute atomic E-state index is 0.121. The molecule has 6 nitrogen and oxygen atoms in total. The molecule has 1 aliphatic rings. The second-order valence-corrected chi connectivity index (χ2v) is 5.58. The van der Waals surface area contributed by atoms with E-state index < -0.39 is 0 Å². The summed E-state index contributed by atoms with van der Waals surface area (Å²) in [7, 11) is 0. The van der Waals surface area contributed by atoms with Crippen LogP contribution in [0.5, 0.6) is 0 Å². The molecule has 0 spiro atoms. The summed E-state index contributed by atoms with van der Waals surface area (Å²) in [5, 5.41) is 9.48. The molecule has 20 heavy (non-hydrogen) atoms. The second kappa shape index (κ2) is 6.43. The molecule has 0 aromatic carbocycles. The highest BCUT2D eigenvalue weighted by atomic mass is 32.1. The summed E-state index contributed by atoms with van der Waals surface area (Å²) in [5.41, 5.74) is 2.53. The van der Waals surface area contributed by atoms with Gasteiger partial charge in [0.05, 0.1) is 18.0 Å². The monoisotopic (exact) mass is 294 g/mol. The maximum absolute atomic E-state index is 5.57. The number of nitrogens with one attached hydrogen (secondary N) is 1. The van der Waals surface area contributed by atoms with Crippen LogP contribution in [0.2, 0.25) is 0 Å². The van der Waals surface area contributed by atoms with Crippen molar-refractivity contribution < 1.29 is 9.26 Å². The molecule has 2 atom stereocenters. The zero-order chi connectivity index (χ0) is 13.8. The van der Waals surface area contributed by atoms with Crippen LogP contribution in [0.15, 0.2) is 15.4 Å². The molecule has 0 bridgehead atoms. The van der Waals surface area contributed by atoms with Crippen LogP contribution in [-0.4, -0.2) is 40.9 Å². The Labute approximate surface area is 121 Å². The SMILES string of the molecule is CCCNC1CCOCC1c1nc(-c2cscn2)no1. The van der Waals surface area contributed by atoms with Crippen LogP contribution in [-0.2, 0) is 4.74 Å². The first-order valence-electron chi connectivity index (χ1n) is 6.91. The molecule has 2 aromatic heterocycles. The molecule has 0 saturated carbocycles. The summed E-state index contributed by atoms with van der Waals surface area (Å²) in [5.74, 6) is 1.32. The first-order valence-corrected chi connectivity index (χ1v) is 7.86. The molecule has 0 aliphatic carbocycles. The summed E-state index contributed by atoms with van der Waals surface area (Å²) >= 11 is 1.52. The molecule has 1 aliphatic heterocycles. The van der Waals surface area contributed by atoms with Crippen molar-refractivity contribution in [2.75, 3.05) is 19.8 Å². The molecule has 7 heteroatoms. The van der Waals surface area contributed by atoms with E-state index in [0.717, 1.165) is 31.7 Å². The van der Waals surface area contributed by atoms with Crippen molar-refractivity contribution in [1.82, 2.24) is 20.4 Å². The zero-order valence-corrected chi connectivity index (χ0v) is 12.2. The molecule has 2 unspecified atom stereocenters. The molecule has 3 heterocycles. The van der Waals surface area contributed by atoms with Gasteiger partial charge in [0.25, 0.3) is 0 Å². The fraction of sp³-hybridized carbons (Fsp3) is 0.615. The Morgan fingerprint density at radius 2 is 2.45 bits per heavy atom. The molecule has 0 radical (unpaired) electrons. The fourth-order valence-corrected chi connectivity index (χ4v) is 2.90. The highest BCUT2D eigenvalue weighted by molar-refractivity contribution is 7.07. The van der Waals surface area contributed by atoms with Crippen molar-refractivity contribution in [2.24, 2.45) is 0 Å². The lowest BCUT2D eigenvalue weighted by atomic mass is 9.95. The van der Waals surface area contributed by atoms with Crippen molar-refractivity contribution in [1.29, 1.82) is 0 Å². The molecule has 1 fully saturated rings. The van der Waals surface area contributed by atoms with Gasteiger partial charge in [0.2, 0.25) is 11.7 Å². The van der Waals surface area contributed by atoms with Gasteiger partial charge >= 0.3 is 0 Å². The first kappa shape index (κ1) is 13.7. The van der Waals surface area contributed by atoms with Crippen molar-refractivity contribution in [3.8, 4) is 11.5 Å². The van der Waals surface area contributed by atoms with Crippen molar-refractivity contribution in [3.05, 3.63) is 16.8 Å². The van der Waals surface area contributed by atoms with Gasteiger partial charge in [0, 0.05) is 18.0 Å². The molecular weight excluding hydrogens is 276 g/mol. The number of thiazole rings is 1. The van der Waals surface area contributed by atoms with Crippen LogP contribution in [0.3, 0.4) is 0 Å². The van der Waals surface area contributed by atoms with Gasteiger partial charge in [0.15, 0.2) is 0 Å². The minimum Gasteiger partial charge on any atom is -0.381 e. The van der Waals surface area contributed by atoms with E-state index in [0.29, 0.717) is 24.4 Å². The van der Waals surface area contributed by atoms with E-state index in [1.807, 2.05) is 5.38 Å². The third kappa shape index (κ3) is 2.89. The van der Waals surface area contributed by atoms with Crippen molar-refractivity contribution in [3.63, 3.8) is 0 Å². The van der Waals surface area contributed by atoms with Crippen LogP contribution < -0.4 is 5.32 Å². The van der Waals surface area contributed by atoms with Gasteiger partial charge in [-0.15, -0.1) is 11.3 Å². The van der Waals surface area contributed by atoms with Crippen molar-refractivity contribution in [2.45, 2.75) is 31.7 Å². The molecular formula is C13H18N4O2S. The zero-order valence-electron chi connectivity index (χ0n) is 11.4. The Balaban J connectivity index is 1.76. The van der Waals surface area contributed by atoms with E-state index >= 15 is 0 Å². The third-order valence-corrected chi connectivity index (χ3v) is 4.02. The summed E-state index contributed by atoms with van der Waals surface area (Å²) in [6.45, 7) is 4.56. The lowest BCUT2D eigenvalue weighted by Gasteiger charge is -2.29. The predicted octanol–water partition coefficient (Wildman–Crippen LogP) is 2.07. The summed E-state index contributed by atoms with van der Waals surface area (Å²) in [4.78, 5) is 8.68. The van der Waals surface area contributed by atoms with E-state index in [4.69, 9.17) is 9.26 Å². The number of hydrogen-bond donors (Lipinski definition) is 1. The highest BCUT2D eigenvalue weighted by Gasteiger charge is 2.31. The van der Waals surface area contributed by atoms with Crippen molar-refractivity contribution >= 4 is 11.3 Å². The van der Waals surface area contributed by atoms with Crippen LogP contribution >= 0.6 is 11.3 Å². The summed E-state index contributed by atoms with van der Waals surface area (Å²) in [6, 6.07) is 0.340. The number of hydrogen-bond acceptors (Lipinski definition) is 7. The first-order chi connectivity index (χ1) is 9.88. The Morgan fingerprint density at radius 1 is 1.50 bits per heavy atom. The van der Waals surface area contributed by atoms with Crippen LogP contribution in [0, 0.1) is 0 Å². The smallest absolute Gasteiger partial charge is 0.234 e. The van der Waals surface area contributed by atoms with Crippen LogP contribution in [0.1, 0.15) is 31.6 Å². The largest absolute Gasteiger partial charge is 0.381 e. The van der Waals surface area contributed by atoms with Gasteiger partial charge in [-0.1, -0.05) is 12.1 Å². The summed E-state index contributed by atoms with van der Waals surface area (Å²) in [6.07, 6.45) is 2.08. The number of nitrogens with zero attached hydrogens (tertiary/aromatic N) is 3. The van der Waals surface area contributed by atoms with Gasteiger partial charge in [-0.25, -0.2) is 4.98 Å². The van der Waals surface area contributed by atoms with Gasteiger partial charge in [-0.2, -0.15) is 4.98 Å². The topological polar surface area (TPSA) is 73.1 Å². The average molecular weight is 294 g/mol. The highest BCUT2D eigenvalue weighted by Crippen LogP contribution is 2.26. The van der Waals surface area contributed by atoms with Gasteiger partial charge < -0.3 is 14.6 Å². The third-order valence-electron chi connectivity index (χ3n) is 3.43. The Hall–Kier alpha value is -1.31. The van der Waals surface area contributed by atoms with Gasteiger partial charge in [-0.3, -0.25) is 0 Å². The maximum atomic E-state index is 5.57.